The van der Waals surface area contributed by atoms with Gasteiger partial charge < -0.3 is 15.5 Å². The zero-order valence-electron chi connectivity index (χ0n) is 7.71. The lowest BCUT2D eigenvalue weighted by atomic mass is 10.1. The minimum atomic E-state index is -0.221. The fraction of sp³-hybridized carbons (Fsp3) is 1.00. The summed E-state index contributed by atoms with van der Waals surface area (Å²) in [5.74, 6) is 0. The van der Waals surface area contributed by atoms with Gasteiger partial charge in [-0.25, -0.2) is 0 Å². The summed E-state index contributed by atoms with van der Waals surface area (Å²) in [6.45, 7) is 3.84. The molecule has 0 aromatic rings. The van der Waals surface area contributed by atoms with Crippen molar-refractivity contribution in [1.82, 2.24) is 5.32 Å². The molecule has 12 heavy (non-hydrogen) atoms. The molecular formula is C9H19NO2. The van der Waals surface area contributed by atoms with Crippen LogP contribution in [0, 0.1) is 5.41 Å². The van der Waals surface area contributed by atoms with Gasteiger partial charge in [0.15, 0.2) is 0 Å². The highest BCUT2D eigenvalue weighted by atomic mass is 16.3. The molecule has 0 amide bonds. The van der Waals surface area contributed by atoms with E-state index in [0.29, 0.717) is 6.61 Å². The maximum Gasteiger partial charge on any atom is 0.0524 e. The van der Waals surface area contributed by atoms with E-state index in [0.717, 1.165) is 32.4 Å². The zero-order valence-corrected chi connectivity index (χ0v) is 7.71. The van der Waals surface area contributed by atoms with E-state index in [1.807, 2.05) is 0 Å². The molecule has 0 bridgehead atoms. The van der Waals surface area contributed by atoms with Crippen LogP contribution < -0.4 is 5.32 Å². The molecule has 1 aliphatic rings. The topological polar surface area (TPSA) is 52.5 Å². The van der Waals surface area contributed by atoms with E-state index < -0.39 is 0 Å². The maximum atomic E-state index is 8.98. The summed E-state index contributed by atoms with van der Waals surface area (Å²) in [6, 6.07) is 0. The van der Waals surface area contributed by atoms with E-state index >= 15 is 0 Å². The molecule has 0 spiro atoms. The summed E-state index contributed by atoms with van der Waals surface area (Å²) in [5, 5.41) is 21.2. The third-order valence-corrected chi connectivity index (χ3v) is 2.53. The first kappa shape index (κ1) is 9.96. The Morgan fingerprint density at radius 2 is 2.17 bits per heavy atom. The number of hydrogen-bond donors (Lipinski definition) is 3. The van der Waals surface area contributed by atoms with Gasteiger partial charge in [-0.2, -0.15) is 0 Å². The lowest BCUT2D eigenvalue weighted by Crippen LogP contribution is -2.28. The molecule has 3 nitrogen and oxygen atoms in total. The molecule has 0 aliphatic heterocycles. The molecule has 1 saturated carbocycles. The van der Waals surface area contributed by atoms with Crippen LogP contribution in [0.1, 0.15) is 26.2 Å². The van der Waals surface area contributed by atoms with Gasteiger partial charge in [0, 0.05) is 18.6 Å². The fourth-order valence-corrected chi connectivity index (χ4v) is 1.23. The quantitative estimate of drug-likeness (QED) is 0.500. The van der Waals surface area contributed by atoms with Crippen LogP contribution in [0.25, 0.3) is 0 Å². The van der Waals surface area contributed by atoms with Crippen LogP contribution in [-0.4, -0.2) is 36.0 Å². The van der Waals surface area contributed by atoms with E-state index in [9.17, 15) is 0 Å². The number of hydrogen-bond acceptors (Lipinski definition) is 3. The van der Waals surface area contributed by atoms with Crippen LogP contribution in [-0.2, 0) is 0 Å². The number of aliphatic hydroxyl groups is 2. The summed E-state index contributed by atoms with van der Waals surface area (Å²) in [5.41, 5.74) is 0.193. The Morgan fingerprint density at radius 3 is 2.58 bits per heavy atom. The first-order chi connectivity index (χ1) is 5.68. The Balaban J connectivity index is 1.95. The summed E-state index contributed by atoms with van der Waals surface area (Å²) in [6.07, 6.45) is 2.86. The van der Waals surface area contributed by atoms with Crippen molar-refractivity contribution >= 4 is 0 Å². The van der Waals surface area contributed by atoms with E-state index in [1.165, 1.54) is 0 Å². The molecule has 1 aliphatic carbocycles. The Bertz CT molecular complexity index is 132. The molecule has 0 aromatic heterocycles. The van der Waals surface area contributed by atoms with Crippen LogP contribution in [0.5, 0.6) is 0 Å². The number of aliphatic hydroxyl groups excluding tert-OH is 2. The van der Waals surface area contributed by atoms with Crippen molar-refractivity contribution in [3.63, 3.8) is 0 Å². The van der Waals surface area contributed by atoms with E-state index in [2.05, 4.69) is 5.32 Å². The Morgan fingerprint density at radius 1 is 1.50 bits per heavy atom. The number of nitrogens with one attached hydrogen (secondary N) is 1. The molecule has 1 unspecified atom stereocenters. The SMILES string of the molecule is CC(O)CCNCC1(CO)CC1. The summed E-state index contributed by atoms with van der Waals surface area (Å²) in [4.78, 5) is 0. The van der Waals surface area contributed by atoms with Gasteiger partial charge in [0.1, 0.15) is 0 Å². The Hall–Kier alpha value is -0.120. The monoisotopic (exact) mass is 173 g/mol. The summed E-state index contributed by atoms with van der Waals surface area (Å²) in [7, 11) is 0. The average Bonchev–Trinajstić information content (AvgIpc) is 2.79. The van der Waals surface area contributed by atoms with Gasteiger partial charge in [0.2, 0.25) is 0 Å². The molecule has 3 N–H and O–H groups in total. The van der Waals surface area contributed by atoms with E-state index in [4.69, 9.17) is 10.2 Å². The van der Waals surface area contributed by atoms with Crippen molar-refractivity contribution in [2.24, 2.45) is 5.41 Å². The van der Waals surface area contributed by atoms with Gasteiger partial charge >= 0.3 is 0 Å². The lowest BCUT2D eigenvalue weighted by Gasteiger charge is -2.12. The summed E-state index contributed by atoms with van der Waals surface area (Å²) >= 11 is 0. The lowest BCUT2D eigenvalue weighted by molar-refractivity contribution is 0.178. The van der Waals surface area contributed by atoms with Gasteiger partial charge in [-0.3, -0.25) is 0 Å². The molecular weight excluding hydrogens is 154 g/mol. The molecule has 72 valence electrons. The van der Waals surface area contributed by atoms with Crippen LogP contribution in [0.3, 0.4) is 0 Å². The van der Waals surface area contributed by atoms with Crippen LogP contribution in [0.15, 0.2) is 0 Å². The average molecular weight is 173 g/mol. The summed E-state index contributed by atoms with van der Waals surface area (Å²) < 4.78 is 0. The van der Waals surface area contributed by atoms with Crippen molar-refractivity contribution < 1.29 is 10.2 Å². The highest BCUT2D eigenvalue weighted by molar-refractivity contribution is 4.94. The van der Waals surface area contributed by atoms with Crippen molar-refractivity contribution in [3.05, 3.63) is 0 Å². The predicted molar refractivity (Wildman–Crippen MR) is 47.9 cm³/mol. The standard InChI is InChI=1S/C9H19NO2/c1-8(12)2-5-10-6-9(7-11)3-4-9/h8,10-12H,2-7H2,1H3. The molecule has 3 heteroatoms. The van der Waals surface area contributed by atoms with Gasteiger partial charge in [-0.05, 0) is 32.7 Å². The smallest absolute Gasteiger partial charge is 0.0524 e. The normalized spacial score (nSPS) is 22.2. The first-order valence-corrected chi connectivity index (χ1v) is 4.68. The maximum absolute atomic E-state index is 8.98. The van der Waals surface area contributed by atoms with Crippen molar-refractivity contribution in [2.45, 2.75) is 32.3 Å². The predicted octanol–water partition coefficient (Wildman–Crippen LogP) is 0.119. The zero-order chi connectivity index (χ0) is 9.03. The Labute approximate surface area is 73.8 Å². The molecule has 1 fully saturated rings. The van der Waals surface area contributed by atoms with Gasteiger partial charge in [0.05, 0.1) is 6.10 Å². The van der Waals surface area contributed by atoms with Crippen molar-refractivity contribution in [1.29, 1.82) is 0 Å². The molecule has 0 aromatic carbocycles. The largest absolute Gasteiger partial charge is 0.396 e. The molecule has 1 atom stereocenters. The van der Waals surface area contributed by atoms with Gasteiger partial charge in [0.25, 0.3) is 0 Å². The third kappa shape index (κ3) is 3.09. The molecule has 1 rings (SSSR count). The van der Waals surface area contributed by atoms with E-state index in [-0.39, 0.29) is 11.5 Å². The first-order valence-electron chi connectivity index (χ1n) is 4.68. The molecule has 0 saturated heterocycles. The Kier molecular flexibility index (Phi) is 3.50. The fourth-order valence-electron chi connectivity index (χ4n) is 1.23. The van der Waals surface area contributed by atoms with Crippen molar-refractivity contribution in [3.8, 4) is 0 Å². The molecule has 0 heterocycles. The van der Waals surface area contributed by atoms with Crippen molar-refractivity contribution in [2.75, 3.05) is 19.7 Å². The van der Waals surface area contributed by atoms with Crippen LogP contribution in [0.4, 0.5) is 0 Å². The van der Waals surface area contributed by atoms with Crippen LogP contribution >= 0.6 is 0 Å². The minimum absolute atomic E-state index is 0.193. The third-order valence-electron chi connectivity index (χ3n) is 2.53. The number of rotatable bonds is 6. The van der Waals surface area contributed by atoms with Gasteiger partial charge in [-0.1, -0.05) is 0 Å². The van der Waals surface area contributed by atoms with Gasteiger partial charge in [-0.15, -0.1) is 0 Å². The highest BCUT2D eigenvalue weighted by Gasteiger charge is 2.41. The highest BCUT2D eigenvalue weighted by Crippen LogP contribution is 2.44. The second kappa shape index (κ2) is 4.21. The molecule has 0 radical (unpaired) electrons. The van der Waals surface area contributed by atoms with Crippen LogP contribution in [0.2, 0.25) is 0 Å². The minimum Gasteiger partial charge on any atom is -0.396 e. The second-order valence-corrected chi connectivity index (χ2v) is 3.97. The van der Waals surface area contributed by atoms with E-state index in [1.54, 1.807) is 6.92 Å². The second-order valence-electron chi connectivity index (χ2n) is 3.97.